The molecule has 30 heavy (non-hydrogen) atoms. The number of nitrogens with one attached hydrogen (secondary N) is 1. The molecule has 0 bridgehead atoms. The number of sulfonamides is 1. The average molecular weight is 438 g/mol. The number of piperidine rings is 1. The topological polar surface area (TPSA) is 96.0 Å². The van der Waals surface area contributed by atoms with E-state index in [9.17, 15) is 18.0 Å². The number of benzene rings is 1. The van der Waals surface area contributed by atoms with E-state index in [1.165, 1.54) is 15.3 Å². The monoisotopic (exact) mass is 437 g/mol. The molecule has 1 aromatic rings. The van der Waals surface area contributed by atoms with E-state index < -0.39 is 27.1 Å². The molecule has 0 aliphatic carbocycles. The summed E-state index contributed by atoms with van der Waals surface area (Å²) in [7, 11) is -2.12. The third-order valence-electron chi connectivity index (χ3n) is 5.71. The van der Waals surface area contributed by atoms with Gasteiger partial charge in [-0.05, 0) is 71.2 Å². The van der Waals surface area contributed by atoms with Crippen molar-refractivity contribution >= 4 is 27.7 Å². The van der Waals surface area contributed by atoms with Crippen LogP contribution in [0.3, 0.4) is 0 Å². The number of fused-ring (bicyclic) bond motifs is 1. The molecule has 0 aromatic heterocycles. The lowest BCUT2D eigenvalue weighted by Gasteiger charge is -2.37. The molecule has 1 fully saturated rings. The van der Waals surface area contributed by atoms with Crippen molar-refractivity contribution in [3.63, 3.8) is 0 Å². The maximum Gasteiger partial charge on any atom is 0.410 e. The van der Waals surface area contributed by atoms with Crippen LogP contribution in [0.4, 0.5) is 10.5 Å². The second kappa shape index (κ2) is 7.53. The summed E-state index contributed by atoms with van der Waals surface area (Å²) in [6, 6.07) is 4.49. The fourth-order valence-electron chi connectivity index (χ4n) is 3.80. The molecule has 0 spiro atoms. The number of amides is 2. The number of likely N-dealkylation sites (N-methyl/N-ethyl adjacent to an activating group) is 1. The fourth-order valence-corrected chi connectivity index (χ4v) is 5.34. The van der Waals surface area contributed by atoms with Gasteiger partial charge in [0.15, 0.2) is 0 Å². The number of hydrogen-bond donors (Lipinski definition) is 1. The van der Waals surface area contributed by atoms with E-state index in [1.54, 1.807) is 53.8 Å². The van der Waals surface area contributed by atoms with Crippen LogP contribution in [0.15, 0.2) is 23.1 Å². The number of hydrogen-bond acceptors (Lipinski definition) is 5. The quantitative estimate of drug-likeness (QED) is 0.784. The molecular weight excluding hydrogens is 406 g/mol. The molecule has 2 heterocycles. The lowest BCUT2D eigenvalue weighted by atomic mass is 9.86. The number of carbonyl (C=O) groups excluding carboxylic acids is 2. The first-order valence-corrected chi connectivity index (χ1v) is 11.6. The predicted molar refractivity (Wildman–Crippen MR) is 114 cm³/mol. The zero-order valence-electron chi connectivity index (χ0n) is 18.5. The van der Waals surface area contributed by atoms with E-state index in [-0.39, 0.29) is 23.4 Å². The minimum atomic E-state index is -3.76. The first-order valence-electron chi connectivity index (χ1n) is 10.2. The smallest absolute Gasteiger partial charge is 0.410 e. The van der Waals surface area contributed by atoms with Crippen molar-refractivity contribution in [1.29, 1.82) is 0 Å². The van der Waals surface area contributed by atoms with Gasteiger partial charge in [-0.15, -0.1) is 0 Å². The highest BCUT2D eigenvalue weighted by Crippen LogP contribution is 2.39. The van der Waals surface area contributed by atoms with Gasteiger partial charge >= 0.3 is 6.09 Å². The van der Waals surface area contributed by atoms with Crippen molar-refractivity contribution in [2.75, 3.05) is 25.5 Å². The Bertz CT molecular complexity index is 965. The van der Waals surface area contributed by atoms with Crippen molar-refractivity contribution < 1.29 is 22.7 Å². The zero-order chi connectivity index (χ0) is 22.5. The first-order chi connectivity index (χ1) is 13.7. The standard InChI is InChI=1S/C21H31N3O5S/c1-20(2,3)29-19(26)23(6)14-8-7-11-24(13-14)30(27,28)15-9-10-17-16(12-15)21(4,5)18(25)22-17/h9-10,12,14H,7-8,11,13H2,1-6H3,(H,22,25)/t14-/m1/s1. The first kappa shape index (κ1) is 22.6. The molecule has 1 aromatic carbocycles. The van der Waals surface area contributed by atoms with Gasteiger partial charge in [-0.25, -0.2) is 13.2 Å². The molecule has 1 N–H and O–H groups in total. The second-order valence-corrected chi connectivity index (χ2v) is 11.5. The molecule has 2 aliphatic rings. The highest BCUT2D eigenvalue weighted by Gasteiger charge is 2.40. The molecule has 0 saturated carbocycles. The Morgan fingerprint density at radius 3 is 2.60 bits per heavy atom. The van der Waals surface area contributed by atoms with Crippen LogP contribution in [-0.2, 0) is 25.0 Å². The van der Waals surface area contributed by atoms with E-state index in [0.29, 0.717) is 30.6 Å². The molecule has 0 unspecified atom stereocenters. The number of nitrogens with zero attached hydrogens (tertiary/aromatic N) is 2. The van der Waals surface area contributed by atoms with Crippen LogP contribution in [0.5, 0.6) is 0 Å². The third-order valence-corrected chi connectivity index (χ3v) is 7.57. The average Bonchev–Trinajstić information content (AvgIpc) is 2.88. The van der Waals surface area contributed by atoms with Gasteiger partial charge in [0.25, 0.3) is 0 Å². The molecule has 0 radical (unpaired) electrons. The minimum Gasteiger partial charge on any atom is -0.444 e. The fraction of sp³-hybridized carbons (Fsp3) is 0.619. The van der Waals surface area contributed by atoms with E-state index >= 15 is 0 Å². The zero-order valence-corrected chi connectivity index (χ0v) is 19.3. The normalized spacial score (nSPS) is 21.7. The number of carbonyl (C=O) groups is 2. The van der Waals surface area contributed by atoms with Crippen molar-refractivity contribution in [2.24, 2.45) is 0 Å². The van der Waals surface area contributed by atoms with Gasteiger partial charge in [0.2, 0.25) is 15.9 Å². The molecule has 1 atom stereocenters. The lowest BCUT2D eigenvalue weighted by Crippen LogP contribution is -2.51. The van der Waals surface area contributed by atoms with Gasteiger partial charge in [0.05, 0.1) is 10.3 Å². The maximum absolute atomic E-state index is 13.3. The van der Waals surface area contributed by atoms with Crippen LogP contribution in [-0.4, -0.2) is 61.4 Å². The van der Waals surface area contributed by atoms with Crippen LogP contribution < -0.4 is 5.32 Å². The van der Waals surface area contributed by atoms with Gasteiger partial charge in [0.1, 0.15) is 5.60 Å². The summed E-state index contributed by atoms with van der Waals surface area (Å²) in [5.41, 5.74) is -0.0883. The third kappa shape index (κ3) is 4.18. The summed E-state index contributed by atoms with van der Waals surface area (Å²) in [6.07, 6.45) is 0.890. The van der Waals surface area contributed by atoms with E-state index in [4.69, 9.17) is 4.74 Å². The summed E-state index contributed by atoms with van der Waals surface area (Å²) in [5.74, 6) is -0.149. The molecule has 8 nitrogen and oxygen atoms in total. The Labute approximate surface area is 178 Å². The summed E-state index contributed by atoms with van der Waals surface area (Å²) in [4.78, 5) is 26.2. The number of rotatable bonds is 3. The van der Waals surface area contributed by atoms with Gasteiger partial charge in [-0.3, -0.25) is 4.79 Å². The van der Waals surface area contributed by atoms with Crippen molar-refractivity contribution in [3.8, 4) is 0 Å². The molecule has 166 valence electrons. The number of anilines is 1. The Morgan fingerprint density at radius 1 is 1.30 bits per heavy atom. The van der Waals surface area contributed by atoms with E-state index in [1.807, 2.05) is 0 Å². The summed E-state index contributed by atoms with van der Waals surface area (Å²) >= 11 is 0. The SMILES string of the molecule is CN(C(=O)OC(C)(C)C)[C@@H]1CCCN(S(=O)(=O)c2ccc3c(c2)C(C)(C)C(=O)N3)C1. The Hall–Kier alpha value is -2.13. The van der Waals surface area contributed by atoms with Crippen LogP contribution in [0.1, 0.15) is 53.0 Å². The van der Waals surface area contributed by atoms with Crippen LogP contribution in [0.25, 0.3) is 0 Å². The van der Waals surface area contributed by atoms with Crippen LogP contribution in [0, 0.1) is 0 Å². The van der Waals surface area contributed by atoms with Gasteiger partial charge in [-0.2, -0.15) is 4.31 Å². The Morgan fingerprint density at radius 2 is 1.97 bits per heavy atom. The summed E-state index contributed by atoms with van der Waals surface area (Å²) in [6.45, 7) is 9.53. The van der Waals surface area contributed by atoms with E-state index in [2.05, 4.69) is 5.32 Å². The predicted octanol–water partition coefficient (Wildman–Crippen LogP) is 2.94. The molecule has 2 aliphatic heterocycles. The van der Waals surface area contributed by atoms with Gasteiger partial charge in [-0.1, -0.05) is 0 Å². The lowest BCUT2D eigenvalue weighted by molar-refractivity contribution is -0.119. The van der Waals surface area contributed by atoms with Crippen molar-refractivity contribution in [1.82, 2.24) is 9.21 Å². The molecule has 3 rings (SSSR count). The van der Waals surface area contributed by atoms with Gasteiger partial charge < -0.3 is 15.0 Å². The highest BCUT2D eigenvalue weighted by molar-refractivity contribution is 7.89. The van der Waals surface area contributed by atoms with Crippen LogP contribution >= 0.6 is 0 Å². The molecule has 9 heteroatoms. The largest absolute Gasteiger partial charge is 0.444 e. The Kier molecular flexibility index (Phi) is 5.66. The summed E-state index contributed by atoms with van der Waals surface area (Å²) in [5, 5.41) is 2.79. The Balaban J connectivity index is 1.81. The molecule has 1 saturated heterocycles. The molecular formula is C21H31N3O5S. The maximum atomic E-state index is 13.3. The van der Waals surface area contributed by atoms with E-state index in [0.717, 1.165) is 0 Å². The number of ether oxygens (including phenoxy) is 1. The van der Waals surface area contributed by atoms with Crippen LogP contribution in [0.2, 0.25) is 0 Å². The van der Waals surface area contributed by atoms with Crippen molar-refractivity contribution in [3.05, 3.63) is 23.8 Å². The molecule has 2 amide bonds. The minimum absolute atomic E-state index is 0.149. The summed E-state index contributed by atoms with van der Waals surface area (Å²) < 4.78 is 33.5. The van der Waals surface area contributed by atoms with Gasteiger partial charge in [0, 0.05) is 31.9 Å². The second-order valence-electron chi connectivity index (χ2n) is 9.54. The highest BCUT2D eigenvalue weighted by atomic mass is 32.2. The van der Waals surface area contributed by atoms with Crippen molar-refractivity contribution in [2.45, 2.75) is 69.4 Å².